The van der Waals surface area contributed by atoms with Crippen molar-refractivity contribution in [1.82, 2.24) is 10.2 Å². The normalized spacial score (nSPS) is 16.2. The number of carboxylic acid groups (broad SMARTS) is 1. The molecule has 1 rings (SSSR count). The van der Waals surface area contributed by atoms with Crippen LogP contribution in [0.5, 0.6) is 0 Å². The van der Waals surface area contributed by atoms with Gasteiger partial charge in [0, 0.05) is 18.8 Å². The van der Waals surface area contributed by atoms with Crippen LogP contribution >= 0.6 is 0 Å². The second-order valence-electron chi connectivity index (χ2n) is 4.93. The zero-order valence-electron chi connectivity index (χ0n) is 11.4. The number of urea groups is 1. The molecule has 0 aromatic carbocycles. The lowest BCUT2D eigenvalue weighted by Crippen LogP contribution is -2.49. The third-order valence-corrected chi connectivity index (χ3v) is 3.92. The highest BCUT2D eigenvalue weighted by atomic mass is 32.2. The third kappa shape index (κ3) is 5.60. The lowest BCUT2D eigenvalue weighted by molar-refractivity contribution is -0.139. The summed E-state index contributed by atoms with van der Waals surface area (Å²) in [5.74, 6) is -1.52. The molecule has 8 heteroatoms. The molecule has 1 aliphatic carbocycles. The summed E-state index contributed by atoms with van der Waals surface area (Å²) in [5.41, 5.74) is 0. The van der Waals surface area contributed by atoms with E-state index in [0.29, 0.717) is 6.54 Å². The Morgan fingerprint density at radius 3 is 2.50 bits per heavy atom. The molecule has 1 aliphatic rings. The molecular weight excluding hydrogens is 284 g/mol. The first-order valence-corrected chi connectivity index (χ1v) is 8.39. The van der Waals surface area contributed by atoms with Gasteiger partial charge in [-0.25, -0.2) is 18.0 Å². The van der Waals surface area contributed by atoms with Crippen molar-refractivity contribution in [2.24, 2.45) is 0 Å². The van der Waals surface area contributed by atoms with E-state index in [1.165, 1.54) is 4.90 Å². The zero-order chi connectivity index (χ0) is 15.3. The van der Waals surface area contributed by atoms with E-state index >= 15 is 0 Å². The number of carbonyl (C=O) groups is 2. The van der Waals surface area contributed by atoms with Gasteiger partial charge in [-0.15, -0.1) is 6.58 Å². The topological polar surface area (TPSA) is 104 Å². The molecule has 0 aromatic rings. The van der Waals surface area contributed by atoms with Crippen LogP contribution in [0.25, 0.3) is 0 Å². The van der Waals surface area contributed by atoms with E-state index in [-0.39, 0.29) is 18.2 Å². The Morgan fingerprint density at radius 2 is 2.10 bits per heavy atom. The van der Waals surface area contributed by atoms with Crippen LogP contribution in [0.1, 0.15) is 19.3 Å². The van der Waals surface area contributed by atoms with Gasteiger partial charge in [0.15, 0.2) is 0 Å². The number of rotatable bonds is 8. The highest BCUT2D eigenvalue weighted by Crippen LogP contribution is 2.26. The molecule has 0 aliphatic heterocycles. The Morgan fingerprint density at radius 1 is 1.50 bits per heavy atom. The quantitative estimate of drug-likeness (QED) is 0.625. The van der Waals surface area contributed by atoms with Crippen LogP contribution in [0.2, 0.25) is 0 Å². The maximum atomic E-state index is 12.0. The average Bonchev–Trinajstić information content (AvgIpc) is 3.13. The molecule has 1 unspecified atom stereocenters. The number of aliphatic carboxylic acids is 1. The summed E-state index contributed by atoms with van der Waals surface area (Å²) >= 11 is 0. The fourth-order valence-electron chi connectivity index (χ4n) is 1.74. The minimum atomic E-state index is -3.27. The van der Waals surface area contributed by atoms with Gasteiger partial charge < -0.3 is 15.3 Å². The van der Waals surface area contributed by atoms with Gasteiger partial charge in [-0.2, -0.15) is 0 Å². The van der Waals surface area contributed by atoms with Gasteiger partial charge in [0.1, 0.15) is 15.9 Å². The Labute approximate surface area is 118 Å². The summed E-state index contributed by atoms with van der Waals surface area (Å²) in [6.45, 7) is 3.90. The van der Waals surface area contributed by atoms with E-state index in [1.54, 1.807) is 6.08 Å². The van der Waals surface area contributed by atoms with Crippen molar-refractivity contribution in [3.05, 3.63) is 12.7 Å². The number of hydrogen-bond donors (Lipinski definition) is 2. The van der Waals surface area contributed by atoms with Gasteiger partial charge in [-0.3, -0.25) is 0 Å². The van der Waals surface area contributed by atoms with Crippen LogP contribution < -0.4 is 5.32 Å². The SMILES string of the molecule is C=CCN(C(=O)NC(CCS(C)(=O)=O)C(=O)O)C1CC1. The molecule has 0 radical (unpaired) electrons. The minimum Gasteiger partial charge on any atom is -0.480 e. The second kappa shape index (κ2) is 6.74. The van der Waals surface area contributed by atoms with Crippen molar-refractivity contribution in [1.29, 1.82) is 0 Å². The number of hydrogen-bond acceptors (Lipinski definition) is 4. The number of carbonyl (C=O) groups excluding carboxylic acids is 1. The maximum absolute atomic E-state index is 12.0. The number of nitrogens with zero attached hydrogens (tertiary/aromatic N) is 1. The van der Waals surface area contributed by atoms with Crippen LogP contribution in [0.4, 0.5) is 4.79 Å². The Balaban J connectivity index is 2.61. The molecule has 1 atom stereocenters. The van der Waals surface area contributed by atoms with Crippen molar-refractivity contribution >= 4 is 21.8 Å². The molecule has 1 fully saturated rings. The molecule has 0 heterocycles. The van der Waals surface area contributed by atoms with Gasteiger partial charge in [0.25, 0.3) is 0 Å². The van der Waals surface area contributed by atoms with E-state index in [9.17, 15) is 18.0 Å². The van der Waals surface area contributed by atoms with E-state index in [4.69, 9.17) is 5.11 Å². The summed E-state index contributed by atoms with van der Waals surface area (Å²) in [6, 6.07) is -1.58. The Hall–Kier alpha value is -1.57. The molecular formula is C12H20N2O5S. The molecule has 0 aromatic heterocycles. The van der Waals surface area contributed by atoms with Crippen molar-refractivity contribution in [3.8, 4) is 0 Å². The summed E-state index contributed by atoms with van der Waals surface area (Å²) < 4.78 is 22.1. The Kier molecular flexibility index (Phi) is 5.55. The third-order valence-electron chi connectivity index (χ3n) is 2.95. The van der Waals surface area contributed by atoms with Gasteiger partial charge in [-0.1, -0.05) is 6.08 Å². The van der Waals surface area contributed by atoms with E-state index < -0.39 is 27.9 Å². The molecule has 20 heavy (non-hydrogen) atoms. The first kappa shape index (κ1) is 16.5. The fourth-order valence-corrected chi connectivity index (χ4v) is 2.41. The van der Waals surface area contributed by atoms with E-state index in [2.05, 4.69) is 11.9 Å². The number of carboxylic acids is 1. The predicted molar refractivity (Wildman–Crippen MR) is 74.2 cm³/mol. The molecule has 7 nitrogen and oxygen atoms in total. The highest BCUT2D eigenvalue weighted by molar-refractivity contribution is 7.90. The van der Waals surface area contributed by atoms with Crippen LogP contribution in [0.15, 0.2) is 12.7 Å². The van der Waals surface area contributed by atoms with Gasteiger partial charge in [0.2, 0.25) is 0 Å². The van der Waals surface area contributed by atoms with Crippen LogP contribution in [-0.2, 0) is 14.6 Å². The number of amides is 2. The van der Waals surface area contributed by atoms with Gasteiger partial charge in [0.05, 0.1) is 5.75 Å². The molecule has 114 valence electrons. The standard InChI is InChI=1S/C12H20N2O5S/c1-3-7-14(9-4-5-9)12(17)13-10(11(15)16)6-8-20(2,18)19/h3,9-10H,1,4-8H2,2H3,(H,13,17)(H,15,16). The molecule has 0 spiro atoms. The molecule has 1 saturated carbocycles. The van der Waals surface area contributed by atoms with Gasteiger partial charge in [-0.05, 0) is 19.3 Å². The predicted octanol–water partition coefficient (Wildman–Crippen LogP) is 0.234. The van der Waals surface area contributed by atoms with E-state index in [0.717, 1.165) is 19.1 Å². The van der Waals surface area contributed by atoms with Crippen molar-refractivity contribution in [2.45, 2.75) is 31.3 Å². The summed E-state index contributed by atoms with van der Waals surface area (Å²) in [7, 11) is -3.27. The largest absolute Gasteiger partial charge is 0.480 e. The first-order chi connectivity index (χ1) is 9.24. The lowest BCUT2D eigenvalue weighted by atomic mass is 10.2. The molecule has 0 bridgehead atoms. The molecule has 2 amide bonds. The Bertz CT molecular complexity index is 484. The summed E-state index contributed by atoms with van der Waals surface area (Å²) in [6.07, 6.45) is 4.24. The van der Waals surface area contributed by atoms with Crippen molar-refractivity contribution < 1.29 is 23.1 Å². The van der Waals surface area contributed by atoms with Crippen molar-refractivity contribution in [2.75, 3.05) is 18.6 Å². The van der Waals surface area contributed by atoms with Crippen LogP contribution in [0.3, 0.4) is 0 Å². The maximum Gasteiger partial charge on any atom is 0.326 e. The summed E-state index contributed by atoms with van der Waals surface area (Å²) in [4.78, 5) is 24.6. The van der Waals surface area contributed by atoms with Gasteiger partial charge >= 0.3 is 12.0 Å². The molecule has 2 N–H and O–H groups in total. The van der Waals surface area contributed by atoms with Crippen LogP contribution in [0, 0.1) is 0 Å². The lowest BCUT2D eigenvalue weighted by Gasteiger charge is -2.23. The number of sulfone groups is 1. The van der Waals surface area contributed by atoms with Crippen LogP contribution in [-0.4, -0.2) is 61.1 Å². The minimum absolute atomic E-state index is 0.123. The smallest absolute Gasteiger partial charge is 0.326 e. The second-order valence-corrected chi connectivity index (χ2v) is 7.19. The monoisotopic (exact) mass is 304 g/mol. The fraction of sp³-hybridized carbons (Fsp3) is 0.667. The first-order valence-electron chi connectivity index (χ1n) is 6.33. The van der Waals surface area contributed by atoms with Crippen molar-refractivity contribution in [3.63, 3.8) is 0 Å². The van der Waals surface area contributed by atoms with E-state index in [1.807, 2.05) is 0 Å². The molecule has 0 saturated heterocycles. The number of nitrogens with one attached hydrogen (secondary N) is 1. The summed E-state index contributed by atoms with van der Waals surface area (Å²) in [5, 5.41) is 11.4. The zero-order valence-corrected chi connectivity index (χ0v) is 12.2. The average molecular weight is 304 g/mol. The highest BCUT2D eigenvalue weighted by Gasteiger charge is 2.33.